The van der Waals surface area contributed by atoms with Gasteiger partial charge >= 0.3 is 5.97 Å². The number of ether oxygens (including phenoxy) is 1. The molecule has 1 unspecified atom stereocenters. The molecule has 0 aliphatic carbocycles. The van der Waals surface area contributed by atoms with E-state index in [9.17, 15) is 13.2 Å². The van der Waals surface area contributed by atoms with E-state index in [2.05, 4.69) is 4.72 Å². The van der Waals surface area contributed by atoms with Gasteiger partial charge in [-0.15, -0.1) is 0 Å². The molecule has 1 saturated heterocycles. The van der Waals surface area contributed by atoms with Crippen molar-refractivity contribution < 1.29 is 23.1 Å². The molecule has 1 aliphatic rings. The van der Waals surface area contributed by atoms with E-state index in [1.165, 1.54) is 18.2 Å². The van der Waals surface area contributed by atoms with Gasteiger partial charge in [0.1, 0.15) is 0 Å². The number of rotatable bonds is 4. The molecule has 1 heterocycles. The van der Waals surface area contributed by atoms with Gasteiger partial charge in [-0.1, -0.05) is 6.07 Å². The van der Waals surface area contributed by atoms with Gasteiger partial charge in [-0.25, -0.2) is 17.9 Å². The third kappa shape index (κ3) is 3.36. The quantitative estimate of drug-likeness (QED) is 0.870. The maximum absolute atomic E-state index is 12.3. The lowest BCUT2D eigenvalue weighted by molar-refractivity contribution is 0.0696. The zero-order valence-corrected chi connectivity index (χ0v) is 11.9. The van der Waals surface area contributed by atoms with Crippen LogP contribution in [0.1, 0.15) is 28.8 Å². The van der Waals surface area contributed by atoms with Gasteiger partial charge in [0.15, 0.2) is 0 Å². The molecular formula is C13H17NO5S. The molecule has 20 heavy (non-hydrogen) atoms. The summed E-state index contributed by atoms with van der Waals surface area (Å²) in [7, 11) is -3.74. The van der Waals surface area contributed by atoms with Crippen molar-refractivity contribution in [1.29, 1.82) is 0 Å². The molecule has 0 aromatic heterocycles. The Kier molecular flexibility index (Phi) is 4.42. The molecule has 2 rings (SSSR count). The lowest BCUT2D eigenvalue weighted by Gasteiger charge is -2.23. The van der Waals surface area contributed by atoms with Crippen LogP contribution in [0.25, 0.3) is 0 Å². The summed E-state index contributed by atoms with van der Waals surface area (Å²) in [5, 5.41) is 8.95. The normalized spacial score (nSPS) is 19.8. The number of hydrogen-bond donors (Lipinski definition) is 2. The highest BCUT2D eigenvalue weighted by atomic mass is 32.2. The van der Waals surface area contributed by atoms with Gasteiger partial charge in [0.25, 0.3) is 0 Å². The highest BCUT2D eigenvalue weighted by Gasteiger charge is 2.24. The van der Waals surface area contributed by atoms with Crippen LogP contribution in [0.15, 0.2) is 23.1 Å². The number of carbonyl (C=O) groups is 1. The minimum Gasteiger partial charge on any atom is -0.478 e. The number of carboxylic acid groups (broad SMARTS) is 1. The van der Waals surface area contributed by atoms with E-state index in [4.69, 9.17) is 9.84 Å². The van der Waals surface area contributed by atoms with Gasteiger partial charge in [-0.05, 0) is 37.5 Å². The predicted molar refractivity (Wildman–Crippen MR) is 72.3 cm³/mol. The van der Waals surface area contributed by atoms with Crippen LogP contribution in [0.3, 0.4) is 0 Å². The number of carboxylic acids is 1. The van der Waals surface area contributed by atoms with E-state index in [0.717, 1.165) is 12.8 Å². The molecule has 0 saturated carbocycles. The van der Waals surface area contributed by atoms with Crippen LogP contribution < -0.4 is 4.72 Å². The third-order valence-corrected chi connectivity index (χ3v) is 4.87. The van der Waals surface area contributed by atoms with Crippen molar-refractivity contribution in [1.82, 2.24) is 4.72 Å². The zero-order valence-electron chi connectivity index (χ0n) is 11.1. The largest absolute Gasteiger partial charge is 0.478 e. The zero-order chi connectivity index (χ0) is 14.8. The molecule has 0 spiro atoms. The second-order valence-electron chi connectivity index (χ2n) is 4.82. The van der Waals surface area contributed by atoms with Crippen LogP contribution in [0, 0.1) is 6.92 Å². The molecule has 7 heteroatoms. The Labute approximate surface area is 117 Å². The van der Waals surface area contributed by atoms with E-state index >= 15 is 0 Å². The van der Waals surface area contributed by atoms with Crippen molar-refractivity contribution in [3.8, 4) is 0 Å². The molecule has 6 nitrogen and oxygen atoms in total. The fourth-order valence-corrected chi connectivity index (χ4v) is 3.66. The van der Waals surface area contributed by atoms with Gasteiger partial charge in [0.2, 0.25) is 10.0 Å². The Hall–Kier alpha value is -1.44. The Morgan fingerprint density at radius 3 is 2.80 bits per heavy atom. The lowest BCUT2D eigenvalue weighted by Crippen LogP contribution is -2.40. The van der Waals surface area contributed by atoms with Gasteiger partial charge in [-0.3, -0.25) is 0 Å². The van der Waals surface area contributed by atoms with Crippen LogP contribution in [0.4, 0.5) is 0 Å². The number of aryl methyl sites for hydroxylation is 1. The maximum atomic E-state index is 12.3. The van der Waals surface area contributed by atoms with Crippen LogP contribution >= 0.6 is 0 Å². The van der Waals surface area contributed by atoms with Gasteiger partial charge in [0.05, 0.1) is 17.1 Å². The Morgan fingerprint density at radius 1 is 1.45 bits per heavy atom. The molecule has 110 valence electrons. The van der Waals surface area contributed by atoms with Crippen molar-refractivity contribution in [2.75, 3.05) is 13.2 Å². The highest BCUT2D eigenvalue weighted by molar-refractivity contribution is 7.89. The molecular weight excluding hydrogens is 282 g/mol. The second kappa shape index (κ2) is 5.90. The van der Waals surface area contributed by atoms with Gasteiger partial charge in [-0.2, -0.15) is 0 Å². The van der Waals surface area contributed by atoms with E-state index < -0.39 is 16.0 Å². The molecule has 1 fully saturated rings. The van der Waals surface area contributed by atoms with Crippen LogP contribution in [-0.4, -0.2) is 38.7 Å². The Bertz CT molecular complexity index is 605. The number of sulfonamides is 1. The summed E-state index contributed by atoms with van der Waals surface area (Å²) in [6.45, 7) is 2.63. The minimum absolute atomic E-state index is 0.00275. The summed E-state index contributed by atoms with van der Waals surface area (Å²) < 4.78 is 32.5. The van der Waals surface area contributed by atoms with Crippen molar-refractivity contribution in [3.63, 3.8) is 0 Å². The molecule has 1 aromatic rings. The Morgan fingerprint density at radius 2 is 2.20 bits per heavy atom. The maximum Gasteiger partial charge on any atom is 0.335 e. The van der Waals surface area contributed by atoms with Crippen LogP contribution in [0.5, 0.6) is 0 Å². The lowest BCUT2D eigenvalue weighted by atomic mass is 10.1. The first-order valence-corrected chi connectivity index (χ1v) is 7.82. The minimum atomic E-state index is -3.74. The Balaban J connectivity index is 2.28. The van der Waals surface area contributed by atoms with Gasteiger partial charge in [0, 0.05) is 12.6 Å². The first-order chi connectivity index (χ1) is 9.40. The average Bonchev–Trinajstić information content (AvgIpc) is 2.39. The summed E-state index contributed by atoms with van der Waals surface area (Å²) in [5.41, 5.74) is 0.468. The summed E-state index contributed by atoms with van der Waals surface area (Å²) in [6, 6.07) is 3.81. The van der Waals surface area contributed by atoms with Gasteiger partial charge < -0.3 is 9.84 Å². The third-order valence-electron chi connectivity index (χ3n) is 3.21. The van der Waals surface area contributed by atoms with E-state index in [0.29, 0.717) is 18.8 Å². The standard InChI is InChI=1S/C13H17NO5S/c1-9-4-5-10(13(15)16)7-12(9)20(17,18)14-11-3-2-6-19-8-11/h4-5,7,11,14H,2-3,6,8H2,1H3,(H,15,16). The monoisotopic (exact) mass is 299 g/mol. The summed E-state index contributed by atoms with van der Waals surface area (Å²) >= 11 is 0. The summed E-state index contributed by atoms with van der Waals surface area (Å²) in [6.07, 6.45) is 1.53. The number of nitrogens with one attached hydrogen (secondary N) is 1. The second-order valence-corrected chi connectivity index (χ2v) is 6.50. The molecule has 0 bridgehead atoms. The van der Waals surface area contributed by atoms with Crippen LogP contribution in [0.2, 0.25) is 0 Å². The SMILES string of the molecule is Cc1ccc(C(=O)O)cc1S(=O)(=O)NC1CCCOC1. The van der Waals surface area contributed by atoms with Crippen molar-refractivity contribution in [2.24, 2.45) is 0 Å². The first kappa shape index (κ1) is 15.0. The van der Waals surface area contributed by atoms with E-state index in [1.54, 1.807) is 6.92 Å². The average molecular weight is 299 g/mol. The molecule has 0 radical (unpaired) electrons. The number of benzene rings is 1. The number of hydrogen-bond acceptors (Lipinski definition) is 4. The summed E-state index contributed by atoms with van der Waals surface area (Å²) in [4.78, 5) is 10.9. The predicted octanol–water partition coefficient (Wildman–Crippen LogP) is 1.15. The molecule has 0 amide bonds. The molecule has 1 aliphatic heterocycles. The first-order valence-electron chi connectivity index (χ1n) is 6.34. The molecule has 1 aromatic carbocycles. The number of aromatic carboxylic acids is 1. The molecule has 2 N–H and O–H groups in total. The van der Waals surface area contributed by atoms with Crippen molar-refractivity contribution in [3.05, 3.63) is 29.3 Å². The summed E-state index contributed by atoms with van der Waals surface area (Å²) in [5.74, 6) is -1.15. The highest BCUT2D eigenvalue weighted by Crippen LogP contribution is 2.19. The van der Waals surface area contributed by atoms with E-state index in [-0.39, 0.29) is 16.5 Å². The van der Waals surface area contributed by atoms with Crippen LogP contribution in [-0.2, 0) is 14.8 Å². The smallest absolute Gasteiger partial charge is 0.335 e. The van der Waals surface area contributed by atoms with Crippen molar-refractivity contribution in [2.45, 2.75) is 30.7 Å². The molecule has 1 atom stereocenters. The van der Waals surface area contributed by atoms with Crippen molar-refractivity contribution >= 4 is 16.0 Å². The fourth-order valence-electron chi connectivity index (χ4n) is 2.14. The van der Waals surface area contributed by atoms with E-state index in [1.807, 2.05) is 0 Å². The topological polar surface area (TPSA) is 92.7 Å². The fraction of sp³-hybridized carbons (Fsp3) is 0.462.